The SMILES string of the molecule is CN(C)C(=O)C(=O)c1ccc(C(=O)N2CCOc3ccc(-c4cnc5ccccc5c4)cc3C2)cc1. The molecule has 0 unspecified atom stereocenters. The minimum Gasteiger partial charge on any atom is -0.491 e. The smallest absolute Gasteiger partial charge is 0.294 e. The predicted octanol–water partition coefficient (Wildman–Crippen LogP) is 4.21. The molecule has 4 aromatic rings. The lowest BCUT2D eigenvalue weighted by Crippen LogP contribution is -2.32. The molecule has 0 fully saturated rings. The summed E-state index contributed by atoms with van der Waals surface area (Å²) in [7, 11) is 3.05. The summed E-state index contributed by atoms with van der Waals surface area (Å²) in [4.78, 5) is 45.0. The summed E-state index contributed by atoms with van der Waals surface area (Å²) in [6, 6.07) is 22.3. The van der Waals surface area contributed by atoms with E-state index in [1.54, 1.807) is 17.0 Å². The third-order valence-corrected chi connectivity index (χ3v) is 6.25. The molecule has 1 aliphatic heterocycles. The van der Waals surface area contributed by atoms with E-state index in [-0.39, 0.29) is 11.5 Å². The molecule has 2 heterocycles. The fraction of sp³-hybridized carbons (Fsp3) is 0.172. The molecule has 1 aromatic heterocycles. The van der Waals surface area contributed by atoms with E-state index in [0.29, 0.717) is 25.3 Å². The van der Waals surface area contributed by atoms with Crippen molar-refractivity contribution >= 4 is 28.5 Å². The van der Waals surface area contributed by atoms with Gasteiger partial charge in [0.25, 0.3) is 11.8 Å². The summed E-state index contributed by atoms with van der Waals surface area (Å²) in [6.45, 7) is 1.20. The molecule has 0 N–H and O–H groups in total. The lowest BCUT2D eigenvalue weighted by atomic mass is 10.0. The standard InChI is InChI=1S/C29H25N3O4/c1-31(2)29(35)27(33)19-7-9-20(10-8-19)28(34)32-13-14-36-26-12-11-21(15-24(26)18-32)23-16-22-5-3-4-6-25(22)30-17-23/h3-12,15-17H,13-14,18H2,1-2H3. The van der Waals surface area contributed by atoms with E-state index in [9.17, 15) is 14.4 Å². The summed E-state index contributed by atoms with van der Waals surface area (Å²) in [6.07, 6.45) is 1.86. The summed E-state index contributed by atoms with van der Waals surface area (Å²) in [5, 5.41) is 1.06. The molecular weight excluding hydrogens is 454 g/mol. The number of nitrogens with zero attached hydrogens (tertiary/aromatic N) is 3. The Balaban J connectivity index is 1.38. The molecule has 7 heteroatoms. The number of ketones is 1. The Kier molecular flexibility index (Phi) is 6.21. The molecule has 7 nitrogen and oxygen atoms in total. The van der Waals surface area contributed by atoms with Gasteiger partial charge in [0.15, 0.2) is 0 Å². The van der Waals surface area contributed by atoms with Gasteiger partial charge in [-0.2, -0.15) is 0 Å². The van der Waals surface area contributed by atoms with Gasteiger partial charge in [0.1, 0.15) is 12.4 Å². The van der Waals surface area contributed by atoms with Crippen molar-refractivity contribution in [1.29, 1.82) is 0 Å². The number of ether oxygens (including phenoxy) is 1. The monoisotopic (exact) mass is 479 g/mol. The van der Waals surface area contributed by atoms with E-state index in [0.717, 1.165) is 33.3 Å². The molecule has 0 spiro atoms. The molecule has 36 heavy (non-hydrogen) atoms. The van der Waals surface area contributed by atoms with Crippen molar-refractivity contribution in [2.45, 2.75) is 6.54 Å². The first-order valence-corrected chi connectivity index (χ1v) is 11.7. The minimum atomic E-state index is -0.605. The number of hydrogen-bond acceptors (Lipinski definition) is 5. The maximum absolute atomic E-state index is 13.3. The number of amides is 2. The average molecular weight is 480 g/mol. The summed E-state index contributed by atoms with van der Waals surface area (Å²) >= 11 is 0. The quantitative estimate of drug-likeness (QED) is 0.324. The van der Waals surface area contributed by atoms with E-state index in [2.05, 4.69) is 11.1 Å². The van der Waals surface area contributed by atoms with Gasteiger partial charge in [0.05, 0.1) is 12.1 Å². The highest BCUT2D eigenvalue weighted by molar-refractivity contribution is 6.42. The second-order valence-electron chi connectivity index (χ2n) is 8.92. The van der Waals surface area contributed by atoms with E-state index in [1.807, 2.05) is 48.7 Å². The fourth-order valence-electron chi connectivity index (χ4n) is 4.25. The van der Waals surface area contributed by atoms with Gasteiger partial charge in [0, 0.05) is 54.5 Å². The van der Waals surface area contributed by atoms with Crippen LogP contribution in [0.2, 0.25) is 0 Å². The van der Waals surface area contributed by atoms with Gasteiger partial charge in [-0.3, -0.25) is 19.4 Å². The topological polar surface area (TPSA) is 79.8 Å². The number of rotatable bonds is 4. The largest absolute Gasteiger partial charge is 0.491 e. The van der Waals surface area contributed by atoms with Gasteiger partial charge in [-0.25, -0.2) is 0 Å². The number of fused-ring (bicyclic) bond motifs is 2. The van der Waals surface area contributed by atoms with Gasteiger partial charge in [0.2, 0.25) is 5.78 Å². The predicted molar refractivity (Wildman–Crippen MR) is 137 cm³/mol. The zero-order chi connectivity index (χ0) is 25.2. The number of pyridine rings is 1. The van der Waals surface area contributed by atoms with Crippen LogP contribution in [0.25, 0.3) is 22.0 Å². The van der Waals surface area contributed by atoms with Gasteiger partial charge in [-0.05, 0) is 42.0 Å². The van der Waals surface area contributed by atoms with Crippen LogP contribution in [0.4, 0.5) is 0 Å². The second kappa shape index (κ2) is 9.62. The normalized spacial score (nSPS) is 12.9. The van der Waals surface area contributed by atoms with Crippen LogP contribution < -0.4 is 4.74 Å². The highest BCUT2D eigenvalue weighted by Gasteiger charge is 2.23. The van der Waals surface area contributed by atoms with Crippen molar-refractivity contribution in [3.8, 4) is 16.9 Å². The summed E-state index contributed by atoms with van der Waals surface area (Å²) in [5.74, 6) is -0.618. The zero-order valence-electron chi connectivity index (χ0n) is 20.1. The molecule has 1 aliphatic rings. The van der Waals surface area contributed by atoms with Crippen LogP contribution in [0.15, 0.2) is 79.0 Å². The van der Waals surface area contributed by atoms with Gasteiger partial charge in [-0.1, -0.05) is 36.4 Å². The fourth-order valence-corrected chi connectivity index (χ4v) is 4.25. The molecule has 0 saturated carbocycles. The van der Waals surface area contributed by atoms with Crippen molar-refractivity contribution in [3.05, 3.63) is 95.7 Å². The van der Waals surface area contributed by atoms with Crippen LogP contribution in [0, 0.1) is 0 Å². The van der Waals surface area contributed by atoms with Gasteiger partial charge >= 0.3 is 0 Å². The Morgan fingerprint density at radius 1 is 0.889 bits per heavy atom. The molecular formula is C29H25N3O4. The molecule has 180 valence electrons. The number of carbonyl (C=O) groups is 3. The van der Waals surface area contributed by atoms with Crippen molar-refractivity contribution in [2.24, 2.45) is 0 Å². The van der Waals surface area contributed by atoms with Crippen molar-refractivity contribution in [2.75, 3.05) is 27.2 Å². The second-order valence-corrected chi connectivity index (χ2v) is 8.92. The Labute approximate surface area is 208 Å². The Bertz CT molecular complexity index is 1480. The van der Waals surface area contributed by atoms with Gasteiger partial charge < -0.3 is 14.5 Å². The maximum Gasteiger partial charge on any atom is 0.294 e. The molecule has 0 saturated heterocycles. The average Bonchev–Trinajstić information content (AvgIpc) is 3.13. The molecule has 0 atom stereocenters. The zero-order valence-corrected chi connectivity index (χ0v) is 20.1. The highest BCUT2D eigenvalue weighted by Crippen LogP contribution is 2.30. The summed E-state index contributed by atoms with van der Waals surface area (Å²) < 4.78 is 5.93. The number of carbonyl (C=O) groups excluding carboxylic acids is 3. The van der Waals surface area contributed by atoms with Gasteiger partial charge in [-0.15, -0.1) is 0 Å². The van der Waals surface area contributed by atoms with Crippen LogP contribution in [0.5, 0.6) is 5.75 Å². The first-order chi connectivity index (χ1) is 17.4. The molecule has 5 rings (SSSR count). The van der Waals surface area contributed by atoms with E-state index in [1.165, 1.54) is 31.1 Å². The number of benzene rings is 3. The number of hydrogen-bond donors (Lipinski definition) is 0. The Morgan fingerprint density at radius 2 is 1.64 bits per heavy atom. The highest BCUT2D eigenvalue weighted by atomic mass is 16.5. The van der Waals surface area contributed by atoms with Crippen molar-refractivity contribution < 1.29 is 19.1 Å². The van der Waals surface area contributed by atoms with Crippen molar-refractivity contribution in [3.63, 3.8) is 0 Å². The van der Waals surface area contributed by atoms with E-state index >= 15 is 0 Å². The number of likely N-dealkylation sites (N-methyl/N-ethyl adjacent to an activating group) is 1. The minimum absolute atomic E-state index is 0.165. The van der Waals surface area contributed by atoms with E-state index in [4.69, 9.17) is 4.74 Å². The van der Waals surface area contributed by atoms with Crippen LogP contribution in [-0.4, -0.2) is 59.6 Å². The van der Waals surface area contributed by atoms with E-state index < -0.39 is 11.7 Å². The molecule has 0 aliphatic carbocycles. The van der Waals surface area contributed by atoms with Crippen molar-refractivity contribution in [1.82, 2.24) is 14.8 Å². The van der Waals surface area contributed by atoms with Crippen LogP contribution in [-0.2, 0) is 11.3 Å². The Morgan fingerprint density at radius 3 is 2.42 bits per heavy atom. The molecule has 0 radical (unpaired) electrons. The van der Waals surface area contributed by atoms with Crippen LogP contribution in [0.1, 0.15) is 26.3 Å². The lowest BCUT2D eigenvalue weighted by Gasteiger charge is -2.20. The molecule has 0 bridgehead atoms. The third-order valence-electron chi connectivity index (χ3n) is 6.25. The van der Waals surface area contributed by atoms with Crippen LogP contribution >= 0.6 is 0 Å². The van der Waals surface area contributed by atoms with Crippen LogP contribution in [0.3, 0.4) is 0 Å². The molecule has 2 amide bonds. The maximum atomic E-state index is 13.3. The lowest BCUT2D eigenvalue weighted by molar-refractivity contribution is -0.124. The molecule has 3 aromatic carbocycles. The summed E-state index contributed by atoms with van der Waals surface area (Å²) in [5.41, 5.74) is 4.54. The Hall–Kier alpha value is -4.52. The number of para-hydroxylation sites is 1. The first-order valence-electron chi connectivity index (χ1n) is 11.7. The third kappa shape index (κ3) is 4.55. The number of aromatic nitrogens is 1. The number of Topliss-reactive ketones (excluding diaryl/α,β-unsaturated/α-hetero) is 1. The first kappa shape index (κ1) is 23.2.